The lowest BCUT2D eigenvalue weighted by atomic mass is 9.80. The van der Waals surface area contributed by atoms with Gasteiger partial charge in [0.2, 0.25) is 0 Å². The van der Waals surface area contributed by atoms with E-state index in [0.29, 0.717) is 5.02 Å². The predicted molar refractivity (Wildman–Crippen MR) is 86.5 cm³/mol. The molecule has 1 fully saturated rings. The number of aliphatic hydroxyl groups is 1. The zero-order valence-corrected chi connectivity index (χ0v) is 13.6. The molecule has 2 aliphatic rings. The summed E-state index contributed by atoms with van der Waals surface area (Å²) < 4.78 is 11.2. The van der Waals surface area contributed by atoms with E-state index in [1.807, 2.05) is 12.1 Å². The van der Waals surface area contributed by atoms with E-state index in [1.165, 1.54) is 5.56 Å². The molecule has 4 nitrogen and oxygen atoms in total. The van der Waals surface area contributed by atoms with Crippen molar-refractivity contribution in [3.8, 4) is 5.75 Å². The molecule has 1 aromatic rings. The third kappa shape index (κ3) is 3.57. The second-order valence-corrected chi connectivity index (χ2v) is 6.81. The summed E-state index contributed by atoms with van der Waals surface area (Å²) in [6.07, 6.45) is 3.87. The highest BCUT2D eigenvalue weighted by Crippen LogP contribution is 2.35. The Morgan fingerprint density at radius 2 is 2.09 bits per heavy atom. The van der Waals surface area contributed by atoms with Crippen molar-refractivity contribution >= 4 is 11.6 Å². The van der Waals surface area contributed by atoms with Crippen LogP contribution in [0.3, 0.4) is 0 Å². The summed E-state index contributed by atoms with van der Waals surface area (Å²) in [7, 11) is 0. The molecule has 0 amide bonds. The molecule has 0 bridgehead atoms. The first-order chi connectivity index (χ1) is 10.7. The van der Waals surface area contributed by atoms with Crippen molar-refractivity contribution in [1.82, 2.24) is 5.32 Å². The van der Waals surface area contributed by atoms with Crippen LogP contribution in [0.5, 0.6) is 5.75 Å². The summed E-state index contributed by atoms with van der Waals surface area (Å²) in [6.45, 7) is 3.22. The van der Waals surface area contributed by atoms with Gasteiger partial charge in [-0.25, -0.2) is 0 Å². The number of nitrogens with one attached hydrogen (secondary N) is 1. The van der Waals surface area contributed by atoms with Gasteiger partial charge in [-0.15, -0.1) is 0 Å². The van der Waals surface area contributed by atoms with Gasteiger partial charge in [0, 0.05) is 41.8 Å². The number of hydrogen-bond acceptors (Lipinski definition) is 4. The van der Waals surface area contributed by atoms with Crippen molar-refractivity contribution in [2.45, 2.75) is 31.7 Å². The molecule has 0 spiro atoms. The third-order valence-electron chi connectivity index (χ3n) is 4.86. The number of benzene rings is 1. The minimum absolute atomic E-state index is 0.0575. The van der Waals surface area contributed by atoms with E-state index in [2.05, 4.69) is 11.4 Å². The van der Waals surface area contributed by atoms with Gasteiger partial charge in [0.15, 0.2) is 0 Å². The molecule has 1 aromatic carbocycles. The van der Waals surface area contributed by atoms with Crippen LogP contribution < -0.4 is 10.1 Å². The Balaban J connectivity index is 1.72. The predicted octanol–water partition coefficient (Wildman–Crippen LogP) is 2.93. The lowest BCUT2D eigenvalue weighted by Gasteiger charge is -2.37. The molecule has 122 valence electrons. The van der Waals surface area contributed by atoms with Gasteiger partial charge in [0.05, 0.1) is 13.2 Å². The molecule has 2 aliphatic heterocycles. The van der Waals surface area contributed by atoms with Crippen LogP contribution >= 0.6 is 11.6 Å². The summed E-state index contributed by atoms with van der Waals surface area (Å²) in [5, 5.41) is 14.2. The van der Waals surface area contributed by atoms with E-state index in [1.54, 1.807) is 0 Å². The third-order valence-corrected chi connectivity index (χ3v) is 5.09. The summed E-state index contributed by atoms with van der Waals surface area (Å²) in [4.78, 5) is 0. The van der Waals surface area contributed by atoms with Crippen LogP contribution in [0.15, 0.2) is 18.2 Å². The van der Waals surface area contributed by atoms with Crippen molar-refractivity contribution in [2.24, 2.45) is 5.41 Å². The molecule has 5 heteroatoms. The van der Waals surface area contributed by atoms with E-state index in [0.717, 1.165) is 57.8 Å². The molecular weight excluding hydrogens is 302 g/mol. The van der Waals surface area contributed by atoms with Gasteiger partial charge in [-0.05, 0) is 37.8 Å². The quantitative estimate of drug-likeness (QED) is 0.893. The molecule has 1 saturated heterocycles. The Morgan fingerprint density at radius 3 is 2.86 bits per heavy atom. The van der Waals surface area contributed by atoms with E-state index in [4.69, 9.17) is 21.1 Å². The second-order valence-electron chi connectivity index (χ2n) is 6.38. The second kappa shape index (κ2) is 7.18. The fourth-order valence-corrected chi connectivity index (χ4v) is 3.46. The van der Waals surface area contributed by atoms with Gasteiger partial charge in [0.1, 0.15) is 5.75 Å². The standard InChI is InChI=1S/C17H24ClNO3/c18-13-3-4-14-15(2-1-7-22-16(14)10-13)19-11-17(12-20)5-8-21-9-6-17/h3-4,10,15,19-20H,1-2,5-9,11-12H2. The first kappa shape index (κ1) is 16.1. The highest BCUT2D eigenvalue weighted by molar-refractivity contribution is 6.30. The smallest absolute Gasteiger partial charge is 0.125 e. The molecular formula is C17H24ClNO3. The topological polar surface area (TPSA) is 50.7 Å². The Bertz CT molecular complexity index is 503. The van der Waals surface area contributed by atoms with Gasteiger partial charge in [0.25, 0.3) is 0 Å². The van der Waals surface area contributed by atoms with Crippen LogP contribution in [0.4, 0.5) is 0 Å². The minimum Gasteiger partial charge on any atom is -0.493 e. The zero-order chi connectivity index (χ0) is 15.4. The summed E-state index contributed by atoms with van der Waals surface area (Å²) in [5.41, 5.74) is 1.11. The van der Waals surface area contributed by atoms with Crippen molar-refractivity contribution < 1.29 is 14.6 Å². The van der Waals surface area contributed by atoms with Crippen LogP contribution in [0.25, 0.3) is 0 Å². The average molecular weight is 326 g/mol. The monoisotopic (exact) mass is 325 g/mol. The molecule has 2 N–H and O–H groups in total. The SMILES string of the molecule is OCC1(CNC2CCCOc3cc(Cl)ccc32)CCOCC1. The molecule has 0 radical (unpaired) electrons. The largest absolute Gasteiger partial charge is 0.493 e. The molecule has 0 saturated carbocycles. The van der Waals surface area contributed by atoms with Gasteiger partial charge in [-0.2, -0.15) is 0 Å². The van der Waals surface area contributed by atoms with E-state index in [9.17, 15) is 5.11 Å². The first-order valence-electron chi connectivity index (χ1n) is 8.07. The van der Waals surface area contributed by atoms with Crippen molar-refractivity contribution in [3.05, 3.63) is 28.8 Å². The van der Waals surface area contributed by atoms with Gasteiger partial charge >= 0.3 is 0 Å². The molecule has 1 atom stereocenters. The molecule has 2 heterocycles. The van der Waals surface area contributed by atoms with Gasteiger partial charge < -0.3 is 19.9 Å². The zero-order valence-electron chi connectivity index (χ0n) is 12.8. The number of aliphatic hydroxyl groups excluding tert-OH is 1. The van der Waals surface area contributed by atoms with Crippen molar-refractivity contribution in [3.63, 3.8) is 0 Å². The fourth-order valence-electron chi connectivity index (χ4n) is 3.29. The van der Waals surface area contributed by atoms with E-state index >= 15 is 0 Å². The summed E-state index contributed by atoms with van der Waals surface area (Å²) in [5.74, 6) is 0.882. The summed E-state index contributed by atoms with van der Waals surface area (Å²) >= 11 is 6.07. The lowest BCUT2D eigenvalue weighted by molar-refractivity contribution is -0.0166. The van der Waals surface area contributed by atoms with Crippen LogP contribution in [0.1, 0.15) is 37.3 Å². The highest BCUT2D eigenvalue weighted by atomic mass is 35.5. The number of ether oxygens (including phenoxy) is 2. The van der Waals surface area contributed by atoms with Crippen LogP contribution in [0.2, 0.25) is 5.02 Å². The Labute approximate surface area is 136 Å². The molecule has 3 rings (SSSR count). The average Bonchev–Trinajstić information content (AvgIpc) is 2.75. The lowest BCUT2D eigenvalue weighted by Crippen LogP contribution is -2.43. The first-order valence-corrected chi connectivity index (χ1v) is 8.44. The summed E-state index contributed by atoms with van der Waals surface area (Å²) in [6, 6.07) is 6.12. The Hall–Kier alpha value is -0.810. The maximum Gasteiger partial charge on any atom is 0.125 e. The van der Waals surface area contributed by atoms with E-state index < -0.39 is 0 Å². The van der Waals surface area contributed by atoms with Crippen LogP contribution in [-0.2, 0) is 4.74 Å². The maximum atomic E-state index is 9.82. The molecule has 1 unspecified atom stereocenters. The molecule has 22 heavy (non-hydrogen) atoms. The number of rotatable bonds is 4. The van der Waals surface area contributed by atoms with Crippen LogP contribution in [-0.4, -0.2) is 38.1 Å². The van der Waals surface area contributed by atoms with Crippen molar-refractivity contribution in [1.29, 1.82) is 0 Å². The van der Waals surface area contributed by atoms with Gasteiger partial charge in [-0.3, -0.25) is 0 Å². The van der Waals surface area contributed by atoms with Crippen LogP contribution in [0, 0.1) is 5.41 Å². The number of halogens is 1. The van der Waals surface area contributed by atoms with Crippen molar-refractivity contribution in [2.75, 3.05) is 33.0 Å². The Morgan fingerprint density at radius 1 is 1.27 bits per heavy atom. The number of hydrogen-bond donors (Lipinski definition) is 2. The molecule has 0 aliphatic carbocycles. The maximum absolute atomic E-state index is 9.82. The highest BCUT2D eigenvalue weighted by Gasteiger charge is 2.33. The Kier molecular flexibility index (Phi) is 5.24. The normalized spacial score (nSPS) is 24.2. The number of fused-ring (bicyclic) bond motifs is 1. The van der Waals surface area contributed by atoms with E-state index in [-0.39, 0.29) is 18.1 Å². The van der Waals surface area contributed by atoms with Gasteiger partial charge in [-0.1, -0.05) is 17.7 Å². The minimum atomic E-state index is -0.0575. The fraction of sp³-hybridized carbons (Fsp3) is 0.647. The molecule has 0 aromatic heterocycles.